The van der Waals surface area contributed by atoms with Gasteiger partial charge in [0.2, 0.25) is 0 Å². The molecule has 8 heteroatoms. The van der Waals surface area contributed by atoms with Crippen molar-refractivity contribution < 1.29 is 9.84 Å². The highest BCUT2D eigenvalue weighted by molar-refractivity contribution is 6.30. The lowest BCUT2D eigenvalue weighted by Gasteiger charge is -2.23. The maximum atomic E-state index is 10.4. The van der Waals surface area contributed by atoms with Crippen molar-refractivity contribution in [3.63, 3.8) is 0 Å². The Morgan fingerprint density at radius 1 is 1.25 bits per heavy atom. The molecule has 1 aromatic heterocycles. The molecule has 1 aromatic carbocycles. The van der Waals surface area contributed by atoms with Gasteiger partial charge in [-0.1, -0.05) is 24.4 Å². The molecule has 1 saturated heterocycles. The average molecular weight is 408 g/mol. The number of nitrogens with one attached hydrogen (secondary N) is 2. The number of H-pyrrole nitrogens is 1. The van der Waals surface area contributed by atoms with Crippen molar-refractivity contribution in [3.8, 4) is 5.75 Å². The molecular weight excluding hydrogens is 378 g/mol. The molecule has 3 rings (SSSR count). The third-order valence-electron chi connectivity index (χ3n) is 4.86. The first kappa shape index (κ1) is 21.0. The van der Waals surface area contributed by atoms with Gasteiger partial charge in [0.25, 0.3) is 0 Å². The minimum Gasteiger partial charge on any atom is -0.491 e. The van der Waals surface area contributed by atoms with Crippen LogP contribution < -0.4 is 10.1 Å². The van der Waals surface area contributed by atoms with E-state index >= 15 is 0 Å². The van der Waals surface area contributed by atoms with Gasteiger partial charge in [-0.15, -0.1) is 0 Å². The molecule has 0 amide bonds. The molecule has 1 aliphatic rings. The van der Waals surface area contributed by atoms with E-state index in [0.717, 1.165) is 36.1 Å². The third-order valence-corrected chi connectivity index (χ3v) is 5.10. The number of hydrogen-bond acceptors (Lipinski definition) is 6. The first-order valence-electron chi connectivity index (χ1n) is 10.0. The monoisotopic (exact) mass is 407 g/mol. The Kier molecular flexibility index (Phi) is 8.09. The van der Waals surface area contributed by atoms with Crippen LogP contribution in [-0.2, 0) is 13.1 Å². The van der Waals surface area contributed by atoms with Crippen molar-refractivity contribution in [3.05, 3.63) is 40.4 Å². The van der Waals surface area contributed by atoms with E-state index in [2.05, 4.69) is 25.4 Å². The van der Waals surface area contributed by atoms with Crippen molar-refractivity contribution in [2.45, 2.75) is 51.8 Å². The molecule has 154 valence electrons. The van der Waals surface area contributed by atoms with Crippen molar-refractivity contribution in [1.82, 2.24) is 25.4 Å². The normalized spacial score (nSPS) is 16.7. The van der Waals surface area contributed by atoms with Crippen LogP contribution in [0, 0.1) is 6.92 Å². The summed E-state index contributed by atoms with van der Waals surface area (Å²) >= 11 is 6.15. The van der Waals surface area contributed by atoms with Gasteiger partial charge in [-0.3, -0.25) is 5.10 Å². The van der Waals surface area contributed by atoms with E-state index < -0.39 is 6.10 Å². The molecule has 3 N–H and O–H groups in total. The molecule has 0 aliphatic carbocycles. The summed E-state index contributed by atoms with van der Waals surface area (Å²) in [5, 5.41) is 21.3. The fourth-order valence-electron chi connectivity index (χ4n) is 3.46. The number of hydrogen-bond donors (Lipinski definition) is 3. The van der Waals surface area contributed by atoms with Gasteiger partial charge in [0, 0.05) is 23.7 Å². The van der Waals surface area contributed by atoms with Gasteiger partial charge in [0.1, 0.15) is 24.3 Å². The number of rotatable bonds is 9. The standard InChI is InChI=1S/C20H30ClN5O2/c1-15-23-20(25-24-15)12-22-11-16-10-17(21)6-7-19(16)28-14-18(27)13-26-8-4-2-3-5-9-26/h6-7,10,18,22,27H,2-5,8-9,11-14H2,1H3,(H,23,24,25). The summed E-state index contributed by atoms with van der Waals surface area (Å²) in [6, 6.07) is 5.55. The Morgan fingerprint density at radius 2 is 2.04 bits per heavy atom. The molecule has 2 heterocycles. The maximum absolute atomic E-state index is 10.4. The lowest BCUT2D eigenvalue weighted by Crippen LogP contribution is -2.36. The molecule has 0 bridgehead atoms. The van der Waals surface area contributed by atoms with Crippen LogP contribution in [0.3, 0.4) is 0 Å². The van der Waals surface area contributed by atoms with Gasteiger partial charge >= 0.3 is 0 Å². The van der Waals surface area contributed by atoms with Crippen molar-refractivity contribution >= 4 is 11.6 Å². The minimum absolute atomic E-state index is 0.269. The summed E-state index contributed by atoms with van der Waals surface area (Å²) in [6.07, 6.45) is 4.50. The Labute approximate surface area is 171 Å². The van der Waals surface area contributed by atoms with Crippen molar-refractivity contribution in [2.24, 2.45) is 0 Å². The Morgan fingerprint density at radius 3 is 2.75 bits per heavy atom. The van der Waals surface area contributed by atoms with E-state index in [4.69, 9.17) is 16.3 Å². The Balaban J connectivity index is 1.49. The van der Waals surface area contributed by atoms with Gasteiger partial charge in [0.05, 0.1) is 6.54 Å². The van der Waals surface area contributed by atoms with E-state index in [0.29, 0.717) is 24.7 Å². The number of likely N-dealkylation sites (tertiary alicyclic amines) is 1. The number of ether oxygens (including phenoxy) is 1. The molecule has 1 aliphatic heterocycles. The number of aliphatic hydroxyl groups is 1. The minimum atomic E-state index is -0.509. The van der Waals surface area contributed by atoms with Crippen molar-refractivity contribution in [2.75, 3.05) is 26.2 Å². The number of β-amino-alcohol motifs (C(OH)–C–C–N with tert-alkyl or cyclic N) is 1. The summed E-state index contributed by atoms with van der Waals surface area (Å²) in [7, 11) is 0. The molecular formula is C20H30ClN5O2. The smallest absolute Gasteiger partial charge is 0.164 e. The molecule has 0 spiro atoms. The van der Waals surface area contributed by atoms with Crippen LogP contribution in [0.1, 0.15) is 42.9 Å². The average Bonchev–Trinajstić information content (AvgIpc) is 2.92. The van der Waals surface area contributed by atoms with Crippen LogP contribution in [0.2, 0.25) is 5.02 Å². The molecule has 0 saturated carbocycles. The molecule has 7 nitrogen and oxygen atoms in total. The van der Waals surface area contributed by atoms with Gasteiger partial charge in [-0.05, 0) is 51.1 Å². The van der Waals surface area contributed by atoms with E-state index in [-0.39, 0.29) is 6.61 Å². The van der Waals surface area contributed by atoms with Crippen LogP contribution in [0.15, 0.2) is 18.2 Å². The molecule has 2 aromatic rings. The van der Waals surface area contributed by atoms with E-state index in [9.17, 15) is 5.11 Å². The molecule has 0 radical (unpaired) electrons. The molecule has 1 fully saturated rings. The van der Waals surface area contributed by atoms with Gasteiger partial charge in [0.15, 0.2) is 5.82 Å². The van der Waals surface area contributed by atoms with Crippen LogP contribution >= 0.6 is 11.6 Å². The Bertz CT molecular complexity index is 731. The number of aromatic nitrogens is 3. The van der Waals surface area contributed by atoms with Crippen LogP contribution in [-0.4, -0.2) is 57.5 Å². The zero-order chi connectivity index (χ0) is 19.8. The van der Waals surface area contributed by atoms with Crippen LogP contribution in [0.4, 0.5) is 0 Å². The predicted molar refractivity (Wildman–Crippen MR) is 110 cm³/mol. The van der Waals surface area contributed by atoms with Gasteiger partial charge in [-0.25, -0.2) is 4.98 Å². The second kappa shape index (κ2) is 10.8. The number of nitrogens with zero attached hydrogens (tertiary/aromatic N) is 3. The first-order chi connectivity index (χ1) is 13.6. The summed E-state index contributed by atoms with van der Waals surface area (Å²) < 4.78 is 5.92. The second-order valence-electron chi connectivity index (χ2n) is 7.37. The molecule has 1 atom stereocenters. The second-order valence-corrected chi connectivity index (χ2v) is 7.81. The number of aryl methyl sites for hydroxylation is 1. The maximum Gasteiger partial charge on any atom is 0.164 e. The third kappa shape index (κ3) is 6.74. The largest absolute Gasteiger partial charge is 0.491 e. The van der Waals surface area contributed by atoms with Crippen molar-refractivity contribution in [1.29, 1.82) is 0 Å². The lowest BCUT2D eigenvalue weighted by molar-refractivity contribution is 0.0690. The summed E-state index contributed by atoms with van der Waals surface area (Å²) in [5.74, 6) is 2.25. The highest BCUT2D eigenvalue weighted by atomic mass is 35.5. The highest BCUT2D eigenvalue weighted by Crippen LogP contribution is 2.23. The fraction of sp³-hybridized carbons (Fsp3) is 0.600. The predicted octanol–water partition coefficient (Wildman–Crippen LogP) is 2.67. The summed E-state index contributed by atoms with van der Waals surface area (Å²) in [6.45, 7) is 6.05. The van der Waals surface area contributed by atoms with Crippen LogP contribution in [0.25, 0.3) is 0 Å². The first-order valence-corrected chi connectivity index (χ1v) is 10.4. The van der Waals surface area contributed by atoms with E-state index in [1.165, 1.54) is 25.7 Å². The van der Waals surface area contributed by atoms with E-state index in [1.807, 2.05) is 19.1 Å². The topological polar surface area (TPSA) is 86.3 Å². The van der Waals surface area contributed by atoms with E-state index in [1.54, 1.807) is 6.07 Å². The fourth-order valence-corrected chi connectivity index (χ4v) is 3.65. The molecule has 1 unspecified atom stereocenters. The number of aliphatic hydroxyl groups excluding tert-OH is 1. The SMILES string of the molecule is Cc1nc(CNCc2cc(Cl)ccc2OCC(O)CN2CCCCCC2)n[nH]1. The highest BCUT2D eigenvalue weighted by Gasteiger charge is 2.15. The molecule has 28 heavy (non-hydrogen) atoms. The Hall–Kier alpha value is -1.67. The lowest BCUT2D eigenvalue weighted by atomic mass is 10.2. The number of aromatic amines is 1. The van der Waals surface area contributed by atoms with Crippen LogP contribution in [0.5, 0.6) is 5.75 Å². The zero-order valence-corrected chi connectivity index (χ0v) is 17.2. The van der Waals surface area contributed by atoms with Gasteiger partial charge < -0.3 is 20.1 Å². The quantitative estimate of drug-likeness (QED) is 0.592. The number of halogens is 1. The zero-order valence-electron chi connectivity index (χ0n) is 16.5. The van der Waals surface area contributed by atoms with Gasteiger partial charge in [-0.2, -0.15) is 5.10 Å². The summed E-state index contributed by atoms with van der Waals surface area (Å²) in [5.41, 5.74) is 0.946. The number of benzene rings is 1. The summed E-state index contributed by atoms with van der Waals surface area (Å²) in [4.78, 5) is 6.62.